The summed E-state index contributed by atoms with van der Waals surface area (Å²) in [6.45, 7) is 0. The molecule has 3 heteroatoms. The molecule has 0 spiro atoms. The van der Waals surface area contributed by atoms with Gasteiger partial charge in [-0.1, -0.05) is 18.2 Å². The van der Waals surface area contributed by atoms with Crippen molar-refractivity contribution in [3.05, 3.63) is 49.1 Å². The van der Waals surface area contributed by atoms with Gasteiger partial charge in [0.25, 0.3) is 0 Å². The van der Waals surface area contributed by atoms with Gasteiger partial charge < -0.3 is 12.4 Å². The van der Waals surface area contributed by atoms with E-state index in [9.17, 15) is 0 Å². The van der Waals surface area contributed by atoms with Gasteiger partial charge in [0.15, 0.2) is 0 Å². The van der Waals surface area contributed by atoms with Crippen LogP contribution < -0.4 is 17.0 Å². The van der Waals surface area contributed by atoms with Crippen molar-refractivity contribution in [1.82, 2.24) is 4.98 Å². The largest absolute Gasteiger partial charge is 1.00 e. The van der Waals surface area contributed by atoms with E-state index in [1.165, 1.54) is 5.69 Å². The first-order chi connectivity index (χ1) is 5.47. The average molecular weight is 181 g/mol. The third-order valence-electron chi connectivity index (χ3n) is 1.60. The van der Waals surface area contributed by atoms with Gasteiger partial charge in [-0.05, 0) is 12.1 Å². The molecular weight excluding hydrogens is 172 g/mol. The summed E-state index contributed by atoms with van der Waals surface area (Å²) < 4.78 is 2.03. The summed E-state index contributed by atoms with van der Waals surface area (Å²) in [6.07, 6.45) is 5.79. The SMILES string of the molecule is [Cl-].c1ccc(-[n+]2cc[nH]c2)cc1. The number of nitrogens with one attached hydrogen (secondary N) is 1. The highest BCUT2D eigenvalue weighted by molar-refractivity contribution is 5.20. The maximum atomic E-state index is 2.99. The number of nitrogens with zero attached hydrogens (tertiary/aromatic N) is 1. The minimum Gasteiger partial charge on any atom is -1.00 e. The van der Waals surface area contributed by atoms with Crippen molar-refractivity contribution in [2.24, 2.45) is 0 Å². The third-order valence-corrected chi connectivity index (χ3v) is 1.60. The lowest BCUT2D eigenvalue weighted by molar-refractivity contribution is -0.594. The fraction of sp³-hybridized carbons (Fsp3) is 0. The lowest BCUT2D eigenvalue weighted by Crippen LogP contribution is -3.00. The molecule has 0 aliphatic heterocycles. The Bertz CT molecular complexity index is 316. The molecule has 12 heavy (non-hydrogen) atoms. The van der Waals surface area contributed by atoms with Crippen molar-refractivity contribution in [3.8, 4) is 5.69 Å². The van der Waals surface area contributed by atoms with E-state index in [1.54, 1.807) is 0 Å². The molecule has 0 radical (unpaired) electrons. The van der Waals surface area contributed by atoms with Crippen molar-refractivity contribution >= 4 is 0 Å². The van der Waals surface area contributed by atoms with Crippen molar-refractivity contribution in [1.29, 1.82) is 0 Å². The van der Waals surface area contributed by atoms with E-state index >= 15 is 0 Å². The molecule has 1 heterocycles. The second-order valence-corrected chi connectivity index (χ2v) is 2.35. The Morgan fingerprint density at radius 2 is 1.83 bits per heavy atom. The van der Waals surface area contributed by atoms with Gasteiger partial charge in [-0.2, -0.15) is 0 Å². The number of benzene rings is 1. The highest BCUT2D eigenvalue weighted by Gasteiger charge is 1.97. The van der Waals surface area contributed by atoms with Crippen LogP contribution in [0.3, 0.4) is 0 Å². The zero-order chi connectivity index (χ0) is 7.52. The number of hydrogen-bond acceptors (Lipinski definition) is 0. The Hall–Kier alpha value is -1.28. The highest BCUT2D eigenvalue weighted by Crippen LogP contribution is 1.95. The lowest BCUT2D eigenvalue weighted by atomic mass is 10.3. The van der Waals surface area contributed by atoms with Gasteiger partial charge in [-0.3, -0.25) is 0 Å². The Labute approximate surface area is 77.3 Å². The Kier molecular flexibility index (Phi) is 2.88. The highest BCUT2D eigenvalue weighted by atomic mass is 35.5. The Balaban J connectivity index is 0.000000720. The van der Waals surface area contributed by atoms with Gasteiger partial charge in [0.1, 0.15) is 18.1 Å². The fourth-order valence-corrected chi connectivity index (χ4v) is 1.05. The van der Waals surface area contributed by atoms with Crippen LogP contribution in [0.15, 0.2) is 49.1 Å². The van der Waals surface area contributed by atoms with Gasteiger partial charge >= 0.3 is 0 Å². The lowest BCUT2D eigenvalue weighted by Gasteiger charge is -1.91. The molecule has 2 aromatic rings. The molecule has 0 amide bonds. The van der Waals surface area contributed by atoms with Crippen LogP contribution >= 0.6 is 0 Å². The normalized spacial score (nSPS) is 9.00. The van der Waals surface area contributed by atoms with Crippen LogP contribution in [-0.4, -0.2) is 4.98 Å². The molecule has 2 nitrogen and oxygen atoms in total. The fourth-order valence-electron chi connectivity index (χ4n) is 1.05. The average Bonchev–Trinajstić information content (AvgIpc) is 2.58. The second kappa shape index (κ2) is 3.93. The first kappa shape index (κ1) is 8.81. The summed E-state index contributed by atoms with van der Waals surface area (Å²) in [5.41, 5.74) is 1.17. The van der Waals surface area contributed by atoms with E-state index < -0.39 is 0 Å². The number of aromatic nitrogens is 2. The van der Waals surface area contributed by atoms with Gasteiger partial charge in [0.2, 0.25) is 6.33 Å². The van der Waals surface area contributed by atoms with E-state index in [4.69, 9.17) is 0 Å². The predicted molar refractivity (Wildman–Crippen MR) is 42.3 cm³/mol. The van der Waals surface area contributed by atoms with Crippen LogP contribution in [0.4, 0.5) is 0 Å². The molecule has 0 bridgehead atoms. The molecular formula is C9H9ClN2. The molecule has 1 N–H and O–H groups in total. The molecule has 62 valence electrons. The first-order valence-corrected chi connectivity index (χ1v) is 3.56. The zero-order valence-corrected chi connectivity index (χ0v) is 7.20. The summed E-state index contributed by atoms with van der Waals surface area (Å²) in [7, 11) is 0. The van der Waals surface area contributed by atoms with E-state index in [-0.39, 0.29) is 12.4 Å². The van der Waals surface area contributed by atoms with Crippen molar-refractivity contribution in [2.75, 3.05) is 0 Å². The van der Waals surface area contributed by atoms with Crippen molar-refractivity contribution in [3.63, 3.8) is 0 Å². The summed E-state index contributed by atoms with van der Waals surface area (Å²) >= 11 is 0. The third kappa shape index (κ3) is 1.66. The quantitative estimate of drug-likeness (QED) is 0.505. The molecule has 1 aromatic heterocycles. The number of aromatic amines is 1. The zero-order valence-electron chi connectivity index (χ0n) is 6.44. The van der Waals surface area contributed by atoms with Crippen LogP contribution in [0, 0.1) is 0 Å². The van der Waals surface area contributed by atoms with E-state index in [0.29, 0.717) is 0 Å². The Morgan fingerprint density at radius 3 is 2.42 bits per heavy atom. The minimum atomic E-state index is 0. The van der Waals surface area contributed by atoms with Crippen LogP contribution in [0.5, 0.6) is 0 Å². The Morgan fingerprint density at radius 1 is 1.08 bits per heavy atom. The topological polar surface area (TPSA) is 19.7 Å². The molecule has 0 saturated carbocycles. The molecule has 0 fully saturated rings. The van der Waals surface area contributed by atoms with Crippen LogP contribution in [0.25, 0.3) is 5.69 Å². The predicted octanol–water partition coefficient (Wildman–Crippen LogP) is -1.70. The van der Waals surface area contributed by atoms with Gasteiger partial charge in [-0.15, -0.1) is 0 Å². The van der Waals surface area contributed by atoms with E-state index in [0.717, 1.165) is 0 Å². The van der Waals surface area contributed by atoms with Crippen LogP contribution in [0.1, 0.15) is 0 Å². The number of halogens is 1. The second-order valence-electron chi connectivity index (χ2n) is 2.35. The standard InChI is InChI=1S/C9H8N2.ClH/c1-2-4-9(5-3-1)11-7-6-10-8-11;/h1-8H;1H. The molecule has 0 unspecified atom stereocenters. The van der Waals surface area contributed by atoms with Gasteiger partial charge in [-0.25, -0.2) is 9.55 Å². The molecule has 0 aliphatic rings. The summed E-state index contributed by atoms with van der Waals surface area (Å²) in [6, 6.07) is 10.2. The van der Waals surface area contributed by atoms with Gasteiger partial charge in [0, 0.05) is 0 Å². The maximum absolute atomic E-state index is 2.99. The summed E-state index contributed by atoms with van der Waals surface area (Å²) in [5, 5.41) is 0. The minimum absolute atomic E-state index is 0. The number of imidazole rings is 1. The molecule has 2 rings (SSSR count). The first-order valence-electron chi connectivity index (χ1n) is 3.56. The van der Waals surface area contributed by atoms with E-state index in [2.05, 4.69) is 17.1 Å². The molecule has 1 aromatic carbocycles. The van der Waals surface area contributed by atoms with Crippen LogP contribution in [0.2, 0.25) is 0 Å². The summed E-state index contributed by atoms with van der Waals surface area (Å²) in [4.78, 5) is 2.99. The molecule has 0 aliphatic carbocycles. The number of H-pyrrole nitrogens is 1. The van der Waals surface area contributed by atoms with E-state index in [1.807, 2.05) is 41.5 Å². The number of para-hydroxylation sites is 1. The van der Waals surface area contributed by atoms with Crippen molar-refractivity contribution < 1.29 is 17.0 Å². The molecule has 0 saturated heterocycles. The number of rotatable bonds is 1. The van der Waals surface area contributed by atoms with Crippen LogP contribution in [-0.2, 0) is 0 Å². The number of hydrogen-bond donors (Lipinski definition) is 1. The summed E-state index contributed by atoms with van der Waals surface area (Å²) in [5.74, 6) is 0. The monoisotopic (exact) mass is 180 g/mol. The molecule has 0 atom stereocenters. The maximum Gasteiger partial charge on any atom is 0.246 e. The van der Waals surface area contributed by atoms with Gasteiger partial charge in [0.05, 0.1) is 0 Å². The van der Waals surface area contributed by atoms with Crippen molar-refractivity contribution in [2.45, 2.75) is 0 Å². The smallest absolute Gasteiger partial charge is 0.246 e.